The van der Waals surface area contributed by atoms with E-state index < -0.39 is 0 Å². The normalized spacial score (nSPS) is 24.4. The van der Waals surface area contributed by atoms with Crippen molar-refractivity contribution in [1.29, 1.82) is 0 Å². The number of carbonyl (C=O) groups excluding carboxylic acids is 1. The molecule has 0 radical (unpaired) electrons. The molecular formula is C13H27Cl2N3O. The van der Waals surface area contributed by atoms with E-state index in [1.54, 1.807) is 0 Å². The molecule has 0 aromatic carbocycles. The fourth-order valence-electron chi connectivity index (χ4n) is 2.83. The quantitative estimate of drug-likeness (QED) is 0.828. The zero-order chi connectivity index (χ0) is 12.1. The van der Waals surface area contributed by atoms with Crippen LogP contribution in [0.2, 0.25) is 0 Å². The first-order valence-corrected chi connectivity index (χ1v) is 7.05. The van der Waals surface area contributed by atoms with E-state index in [2.05, 4.69) is 22.5 Å². The molecule has 0 saturated carbocycles. The SMILES string of the molecule is CCCN1CCC(NC(=O)C2CCCN2)CC1.Cl.Cl. The Bertz CT molecular complexity index is 252. The van der Waals surface area contributed by atoms with Crippen molar-refractivity contribution in [1.82, 2.24) is 15.5 Å². The van der Waals surface area contributed by atoms with Gasteiger partial charge in [-0.25, -0.2) is 0 Å². The first-order chi connectivity index (χ1) is 8.29. The molecule has 0 aromatic rings. The molecule has 1 amide bonds. The number of amides is 1. The van der Waals surface area contributed by atoms with Crippen LogP contribution in [0.3, 0.4) is 0 Å². The molecule has 6 heteroatoms. The van der Waals surface area contributed by atoms with Gasteiger partial charge in [-0.2, -0.15) is 0 Å². The monoisotopic (exact) mass is 311 g/mol. The Morgan fingerprint density at radius 2 is 1.95 bits per heavy atom. The topological polar surface area (TPSA) is 44.4 Å². The van der Waals surface area contributed by atoms with Crippen LogP contribution in [0.1, 0.15) is 39.0 Å². The number of hydrogen-bond donors (Lipinski definition) is 2. The van der Waals surface area contributed by atoms with Crippen LogP contribution in [0, 0.1) is 0 Å². The number of piperidine rings is 1. The summed E-state index contributed by atoms with van der Waals surface area (Å²) in [6, 6.07) is 0.474. The van der Waals surface area contributed by atoms with E-state index in [1.165, 1.54) is 13.0 Å². The van der Waals surface area contributed by atoms with Gasteiger partial charge in [-0.05, 0) is 45.2 Å². The molecule has 2 fully saturated rings. The molecule has 2 rings (SSSR count). The van der Waals surface area contributed by atoms with Gasteiger partial charge in [0.25, 0.3) is 0 Å². The number of halogens is 2. The second-order valence-electron chi connectivity index (χ2n) is 5.27. The Labute approximate surface area is 128 Å². The fraction of sp³-hybridized carbons (Fsp3) is 0.923. The number of hydrogen-bond acceptors (Lipinski definition) is 3. The lowest BCUT2D eigenvalue weighted by Crippen LogP contribution is -2.49. The van der Waals surface area contributed by atoms with Gasteiger partial charge < -0.3 is 15.5 Å². The summed E-state index contributed by atoms with van der Waals surface area (Å²) in [4.78, 5) is 14.4. The summed E-state index contributed by atoms with van der Waals surface area (Å²) in [5.41, 5.74) is 0. The number of nitrogens with one attached hydrogen (secondary N) is 2. The van der Waals surface area contributed by atoms with Gasteiger partial charge in [-0.1, -0.05) is 6.92 Å². The van der Waals surface area contributed by atoms with Crippen molar-refractivity contribution in [3.8, 4) is 0 Å². The summed E-state index contributed by atoms with van der Waals surface area (Å²) in [7, 11) is 0. The first-order valence-electron chi connectivity index (χ1n) is 7.05. The molecule has 114 valence electrons. The Morgan fingerprint density at radius 3 is 2.47 bits per heavy atom. The molecule has 2 N–H and O–H groups in total. The van der Waals surface area contributed by atoms with Crippen LogP contribution in [0.25, 0.3) is 0 Å². The van der Waals surface area contributed by atoms with Crippen LogP contribution in [-0.2, 0) is 4.79 Å². The van der Waals surface area contributed by atoms with Crippen molar-refractivity contribution in [2.45, 2.75) is 51.1 Å². The highest BCUT2D eigenvalue weighted by Crippen LogP contribution is 2.12. The highest BCUT2D eigenvalue weighted by molar-refractivity contribution is 5.85. The average molecular weight is 312 g/mol. The van der Waals surface area contributed by atoms with E-state index in [1.807, 2.05) is 0 Å². The van der Waals surface area contributed by atoms with Gasteiger partial charge in [0.05, 0.1) is 6.04 Å². The molecule has 0 spiro atoms. The van der Waals surface area contributed by atoms with Gasteiger partial charge in [-0.15, -0.1) is 24.8 Å². The lowest BCUT2D eigenvalue weighted by Gasteiger charge is -2.32. The van der Waals surface area contributed by atoms with Gasteiger partial charge in [0.15, 0.2) is 0 Å². The minimum Gasteiger partial charge on any atom is -0.352 e. The molecule has 1 unspecified atom stereocenters. The third-order valence-electron chi connectivity index (χ3n) is 3.85. The fourth-order valence-corrected chi connectivity index (χ4v) is 2.83. The van der Waals surface area contributed by atoms with Crippen molar-refractivity contribution in [3.63, 3.8) is 0 Å². The van der Waals surface area contributed by atoms with Crippen LogP contribution in [-0.4, -0.2) is 49.1 Å². The lowest BCUT2D eigenvalue weighted by atomic mass is 10.0. The van der Waals surface area contributed by atoms with Crippen molar-refractivity contribution in [3.05, 3.63) is 0 Å². The van der Waals surface area contributed by atoms with Crippen LogP contribution >= 0.6 is 24.8 Å². The number of likely N-dealkylation sites (tertiary alicyclic amines) is 1. The zero-order valence-corrected chi connectivity index (χ0v) is 13.3. The first kappa shape index (κ1) is 19.0. The van der Waals surface area contributed by atoms with Crippen molar-refractivity contribution in [2.75, 3.05) is 26.2 Å². The molecular weight excluding hydrogens is 285 g/mol. The molecule has 19 heavy (non-hydrogen) atoms. The summed E-state index contributed by atoms with van der Waals surface area (Å²) < 4.78 is 0. The van der Waals surface area contributed by atoms with Crippen LogP contribution in [0.4, 0.5) is 0 Å². The van der Waals surface area contributed by atoms with Crippen molar-refractivity contribution < 1.29 is 4.79 Å². The average Bonchev–Trinajstić information content (AvgIpc) is 2.86. The Kier molecular flexibility index (Phi) is 9.79. The molecule has 2 aliphatic heterocycles. The minimum atomic E-state index is 0. The summed E-state index contributed by atoms with van der Waals surface area (Å²) in [6.45, 7) is 6.69. The van der Waals surface area contributed by atoms with E-state index in [0.29, 0.717) is 6.04 Å². The Hall–Kier alpha value is -0.0300. The molecule has 2 aliphatic rings. The standard InChI is InChI=1S/C13H25N3O.2ClH/c1-2-8-16-9-5-11(6-10-16)15-13(17)12-4-3-7-14-12;;/h11-12,14H,2-10H2,1H3,(H,15,17);2*1H. The van der Waals surface area contributed by atoms with E-state index in [9.17, 15) is 4.79 Å². The molecule has 0 aliphatic carbocycles. The van der Waals surface area contributed by atoms with Crippen LogP contribution in [0.15, 0.2) is 0 Å². The van der Waals surface area contributed by atoms with Gasteiger partial charge in [-0.3, -0.25) is 4.79 Å². The summed E-state index contributed by atoms with van der Waals surface area (Å²) in [6.07, 6.45) is 5.58. The van der Waals surface area contributed by atoms with Crippen LogP contribution in [0.5, 0.6) is 0 Å². The zero-order valence-electron chi connectivity index (χ0n) is 11.7. The molecule has 0 aromatic heterocycles. The summed E-state index contributed by atoms with van der Waals surface area (Å²) in [5, 5.41) is 6.45. The second-order valence-corrected chi connectivity index (χ2v) is 5.27. The van der Waals surface area contributed by atoms with E-state index in [4.69, 9.17) is 0 Å². The van der Waals surface area contributed by atoms with E-state index in [-0.39, 0.29) is 36.8 Å². The number of rotatable bonds is 4. The largest absolute Gasteiger partial charge is 0.352 e. The predicted octanol–water partition coefficient (Wildman–Crippen LogP) is 1.57. The Balaban J connectivity index is 0.00000162. The summed E-state index contributed by atoms with van der Waals surface area (Å²) in [5.74, 6) is 0.219. The summed E-state index contributed by atoms with van der Waals surface area (Å²) >= 11 is 0. The smallest absolute Gasteiger partial charge is 0.237 e. The number of carbonyl (C=O) groups is 1. The number of nitrogens with zero attached hydrogens (tertiary/aromatic N) is 1. The molecule has 0 bridgehead atoms. The third kappa shape index (κ3) is 5.86. The van der Waals surface area contributed by atoms with Crippen molar-refractivity contribution >= 4 is 30.7 Å². The van der Waals surface area contributed by atoms with Gasteiger partial charge in [0.1, 0.15) is 0 Å². The lowest BCUT2D eigenvalue weighted by molar-refractivity contribution is -0.123. The Morgan fingerprint density at radius 1 is 1.26 bits per heavy atom. The van der Waals surface area contributed by atoms with Gasteiger partial charge in [0, 0.05) is 19.1 Å². The van der Waals surface area contributed by atoms with Crippen LogP contribution < -0.4 is 10.6 Å². The molecule has 2 saturated heterocycles. The highest BCUT2D eigenvalue weighted by atomic mass is 35.5. The molecule has 4 nitrogen and oxygen atoms in total. The van der Waals surface area contributed by atoms with Gasteiger partial charge in [0.2, 0.25) is 5.91 Å². The maximum absolute atomic E-state index is 11.9. The third-order valence-corrected chi connectivity index (χ3v) is 3.85. The maximum atomic E-state index is 11.9. The minimum absolute atomic E-state index is 0. The molecule has 1 atom stereocenters. The second kappa shape index (κ2) is 9.81. The predicted molar refractivity (Wildman–Crippen MR) is 83.4 cm³/mol. The van der Waals surface area contributed by atoms with E-state index >= 15 is 0 Å². The molecule has 2 heterocycles. The maximum Gasteiger partial charge on any atom is 0.237 e. The van der Waals surface area contributed by atoms with Crippen molar-refractivity contribution in [2.24, 2.45) is 0 Å². The van der Waals surface area contributed by atoms with E-state index in [0.717, 1.165) is 45.3 Å². The van der Waals surface area contributed by atoms with Gasteiger partial charge >= 0.3 is 0 Å². The highest BCUT2D eigenvalue weighted by Gasteiger charge is 2.25.